The number of carbonyl (C=O) groups is 1. The van der Waals surface area contributed by atoms with Crippen LogP contribution in [0.4, 0.5) is 0 Å². The van der Waals surface area contributed by atoms with E-state index in [9.17, 15) is 4.79 Å². The van der Waals surface area contributed by atoms with E-state index in [1.54, 1.807) is 18.2 Å². The second-order valence-corrected chi connectivity index (χ2v) is 2.24. The van der Waals surface area contributed by atoms with Crippen molar-refractivity contribution in [2.75, 3.05) is 0 Å². The van der Waals surface area contributed by atoms with E-state index in [4.69, 9.17) is 4.74 Å². The fourth-order valence-corrected chi connectivity index (χ4v) is 0.775. The number of hydrogen-bond acceptors (Lipinski definition) is 2. The Bertz CT molecular complexity index is 276. The molecule has 0 fully saturated rings. The molecule has 66 valence electrons. The van der Waals surface area contributed by atoms with Crippen molar-refractivity contribution in [2.45, 2.75) is 6.92 Å². The molecule has 0 N–H and O–H groups in total. The SMILES string of the molecule is [CH2-]c1cccc(OC(C)=O)c1.[Zn+][Br]. The Balaban J connectivity index is 0.000000671. The van der Waals surface area contributed by atoms with E-state index in [2.05, 4.69) is 20.5 Å². The molecule has 0 saturated heterocycles. The van der Waals surface area contributed by atoms with E-state index >= 15 is 0 Å². The van der Waals surface area contributed by atoms with Gasteiger partial charge in [-0.25, -0.2) is 0 Å². The first-order valence-corrected chi connectivity index (χ1v) is 10.5. The Morgan fingerprint density at radius 2 is 2.15 bits per heavy atom. The van der Waals surface area contributed by atoms with Crippen molar-refractivity contribution in [2.24, 2.45) is 0 Å². The van der Waals surface area contributed by atoms with Gasteiger partial charge in [-0.15, -0.1) is 12.1 Å². The van der Waals surface area contributed by atoms with Crippen molar-refractivity contribution in [3.63, 3.8) is 0 Å². The molecule has 0 aliphatic rings. The third-order valence-electron chi connectivity index (χ3n) is 1.16. The summed E-state index contributed by atoms with van der Waals surface area (Å²) in [5, 5.41) is 0. The van der Waals surface area contributed by atoms with Gasteiger partial charge in [0.05, 0.1) is 5.75 Å². The predicted octanol–water partition coefficient (Wildman–Crippen LogP) is 2.64. The van der Waals surface area contributed by atoms with E-state index in [1.807, 2.05) is 6.07 Å². The molecule has 1 aromatic rings. The third-order valence-corrected chi connectivity index (χ3v) is 1.16. The number of carbonyl (C=O) groups excluding carboxylic acids is 1. The van der Waals surface area contributed by atoms with Gasteiger partial charge < -0.3 is 4.74 Å². The Morgan fingerprint density at radius 1 is 1.54 bits per heavy atom. The van der Waals surface area contributed by atoms with Crippen molar-refractivity contribution >= 4 is 19.6 Å². The number of ether oxygens (including phenoxy) is 1. The standard InChI is InChI=1S/C9H9O2.BrH.Zn/c1-7-4-3-5-9(6-7)11-8(2)10;;/h3-6H,1H2,2H3;1H;/q-1;;+2/p-1. The summed E-state index contributed by atoms with van der Waals surface area (Å²) < 4.78 is 4.82. The normalized spacial score (nSPS) is 8.31. The molecule has 0 aliphatic carbocycles. The summed E-state index contributed by atoms with van der Waals surface area (Å²) in [6.07, 6.45) is 0. The molecule has 2 nitrogen and oxygen atoms in total. The molecule has 4 heteroatoms. The van der Waals surface area contributed by atoms with Gasteiger partial charge in [-0.3, -0.25) is 4.79 Å². The van der Waals surface area contributed by atoms with Crippen LogP contribution in [0.15, 0.2) is 24.3 Å². The fourth-order valence-electron chi connectivity index (χ4n) is 0.775. The van der Waals surface area contributed by atoms with Gasteiger partial charge in [-0.1, -0.05) is 0 Å². The van der Waals surface area contributed by atoms with Crippen LogP contribution in [-0.2, 0) is 21.1 Å². The molecule has 1 rings (SSSR count). The number of halogens is 1. The molecule has 0 spiro atoms. The molecule has 1 aromatic carbocycles. The topological polar surface area (TPSA) is 26.3 Å². The minimum absolute atomic E-state index is 0.310. The van der Waals surface area contributed by atoms with Crippen molar-refractivity contribution in [1.82, 2.24) is 0 Å². The average molecular weight is 294 g/mol. The first-order valence-electron chi connectivity index (χ1n) is 3.55. The van der Waals surface area contributed by atoms with Crippen molar-refractivity contribution in [3.8, 4) is 5.75 Å². The van der Waals surface area contributed by atoms with Gasteiger partial charge in [0, 0.05) is 6.92 Å². The molecule has 0 bridgehead atoms. The Hall–Kier alpha value is -0.337. The van der Waals surface area contributed by atoms with Crippen LogP contribution in [0.3, 0.4) is 0 Å². The van der Waals surface area contributed by atoms with Crippen molar-refractivity contribution in [1.29, 1.82) is 0 Å². The number of benzene rings is 1. The third kappa shape index (κ3) is 5.83. The zero-order valence-electron chi connectivity index (χ0n) is 7.42. The average Bonchev–Trinajstić information content (AvgIpc) is 2.06. The van der Waals surface area contributed by atoms with Crippen LogP contribution in [0, 0.1) is 6.92 Å². The summed E-state index contributed by atoms with van der Waals surface area (Å²) in [5.74, 6) is 0.237. The van der Waals surface area contributed by atoms with Crippen molar-refractivity contribution in [3.05, 3.63) is 36.8 Å². The fraction of sp³-hybridized carbons (Fsp3) is 0.111. The summed E-state index contributed by atoms with van der Waals surface area (Å²) in [5.41, 5.74) is 0.837. The molecule has 0 amide bonds. The first-order chi connectivity index (χ1) is 6.18. The van der Waals surface area contributed by atoms with Crippen LogP contribution in [-0.4, -0.2) is 5.97 Å². The molecule has 0 atom stereocenters. The van der Waals surface area contributed by atoms with Gasteiger partial charge in [0.2, 0.25) is 0 Å². The zero-order valence-corrected chi connectivity index (χ0v) is 12.0. The summed E-state index contributed by atoms with van der Waals surface area (Å²) in [6, 6.07) is 7.06. The number of esters is 1. The summed E-state index contributed by atoms with van der Waals surface area (Å²) in [7, 11) is 0. The zero-order chi connectivity index (χ0) is 10.3. The van der Waals surface area contributed by atoms with E-state index in [1.165, 1.54) is 23.3 Å². The molecule has 0 aromatic heterocycles. The minimum atomic E-state index is -0.310. The molecular formula is C9H9BrO2Zn. The maximum absolute atomic E-state index is 10.5. The van der Waals surface area contributed by atoms with Gasteiger partial charge in [-0.05, 0) is 6.07 Å². The summed E-state index contributed by atoms with van der Waals surface area (Å²) in [6.45, 7) is 5.07. The molecule has 13 heavy (non-hydrogen) atoms. The van der Waals surface area contributed by atoms with E-state index in [-0.39, 0.29) is 5.97 Å². The molecule has 0 saturated carbocycles. The van der Waals surface area contributed by atoms with E-state index < -0.39 is 0 Å². The Labute approximate surface area is 94.7 Å². The van der Waals surface area contributed by atoms with Crippen molar-refractivity contribution < 1.29 is 25.9 Å². The predicted molar refractivity (Wildman–Crippen MR) is 51.1 cm³/mol. The molecule has 0 unspecified atom stereocenters. The van der Waals surface area contributed by atoms with Gasteiger partial charge in [0.1, 0.15) is 0 Å². The molecular weight excluding hydrogens is 285 g/mol. The van der Waals surface area contributed by atoms with Crippen LogP contribution in [0.25, 0.3) is 0 Å². The summed E-state index contributed by atoms with van der Waals surface area (Å²) >= 11 is 4.25. The molecule has 0 radical (unpaired) electrons. The number of rotatable bonds is 1. The monoisotopic (exact) mass is 292 g/mol. The van der Waals surface area contributed by atoms with Gasteiger partial charge in [0.15, 0.2) is 0 Å². The second kappa shape index (κ2) is 7.10. The van der Waals surface area contributed by atoms with Gasteiger partial charge in [0.25, 0.3) is 0 Å². The van der Waals surface area contributed by atoms with Crippen LogP contribution >= 0.6 is 13.6 Å². The Kier molecular flexibility index (Phi) is 6.92. The number of hydrogen-bond donors (Lipinski definition) is 0. The quantitative estimate of drug-likeness (QED) is 0.344. The van der Waals surface area contributed by atoms with Crippen LogP contribution < -0.4 is 4.74 Å². The van der Waals surface area contributed by atoms with Gasteiger partial charge in [-0.2, -0.15) is 18.6 Å². The maximum atomic E-state index is 10.5. The first kappa shape index (κ1) is 12.7. The second-order valence-electron chi connectivity index (χ2n) is 2.24. The molecule has 0 heterocycles. The van der Waals surface area contributed by atoms with E-state index in [0.29, 0.717) is 5.75 Å². The summed E-state index contributed by atoms with van der Waals surface area (Å²) in [4.78, 5) is 10.5. The van der Waals surface area contributed by atoms with Crippen LogP contribution in [0.5, 0.6) is 5.75 Å². The van der Waals surface area contributed by atoms with E-state index in [0.717, 1.165) is 5.56 Å². The van der Waals surface area contributed by atoms with Crippen LogP contribution in [0.2, 0.25) is 0 Å². The molecule has 0 aliphatic heterocycles. The Morgan fingerprint density at radius 3 is 2.62 bits per heavy atom. The van der Waals surface area contributed by atoms with Crippen LogP contribution in [0.1, 0.15) is 12.5 Å². The van der Waals surface area contributed by atoms with Gasteiger partial charge >= 0.3 is 35.9 Å².